The van der Waals surface area contributed by atoms with Crippen molar-refractivity contribution in [3.63, 3.8) is 0 Å². The molecule has 158 valence electrons. The Bertz CT molecular complexity index is 1070. The number of aliphatic carboxylic acids is 1. The first-order chi connectivity index (χ1) is 14.4. The maximum Gasteiger partial charge on any atom is 0.306 e. The standard InChI is InChI=1S/C19H18Cl2N4O5/c1-23-15-8-13(20)14(21)9-16(15)25(5-6-29-11-26)18(23)12(10-22)19-24(4-7-30-19)3-2-17(27)28/h8-9,11H,2-7H2,1H3/p+1. The van der Waals surface area contributed by atoms with Crippen LogP contribution in [0.25, 0.3) is 16.6 Å². The molecule has 2 heterocycles. The molecular formula is C19H19Cl2N4O5+. The summed E-state index contributed by atoms with van der Waals surface area (Å²) in [6, 6.07) is 5.56. The number of carbonyl (C=O) groups is 2. The largest absolute Gasteiger partial charge is 0.481 e. The number of imidazole rings is 1. The molecule has 1 N–H and O–H groups in total. The molecule has 0 saturated carbocycles. The summed E-state index contributed by atoms with van der Waals surface area (Å²) in [5.41, 5.74) is 1.64. The second-order valence-electron chi connectivity index (χ2n) is 6.53. The first-order valence-corrected chi connectivity index (χ1v) is 9.81. The minimum atomic E-state index is -0.935. The van der Waals surface area contributed by atoms with Gasteiger partial charge in [0, 0.05) is 18.7 Å². The molecule has 1 aromatic carbocycles. The van der Waals surface area contributed by atoms with E-state index in [1.807, 2.05) is 0 Å². The minimum absolute atomic E-state index is 0.0815. The van der Waals surface area contributed by atoms with Crippen LogP contribution in [0.5, 0.6) is 0 Å². The molecule has 0 aliphatic carbocycles. The smallest absolute Gasteiger partial charge is 0.306 e. The van der Waals surface area contributed by atoms with Crippen LogP contribution < -0.4 is 4.57 Å². The van der Waals surface area contributed by atoms with Gasteiger partial charge in [0.1, 0.15) is 25.8 Å². The summed E-state index contributed by atoms with van der Waals surface area (Å²) in [6.45, 7) is 1.73. The van der Waals surface area contributed by atoms with E-state index in [-0.39, 0.29) is 31.7 Å². The topological polar surface area (TPSA) is 109 Å². The molecule has 3 rings (SSSR count). The number of carboxylic acids is 1. The van der Waals surface area contributed by atoms with Gasteiger partial charge in [-0.1, -0.05) is 23.2 Å². The van der Waals surface area contributed by atoms with E-state index >= 15 is 0 Å². The van der Waals surface area contributed by atoms with Crippen molar-refractivity contribution in [1.82, 2.24) is 9.47 Å². The summed E-state index contributed by atoms with van der Waals surface area (Å²) in [4.78, 5) is 23.3. The zero-order chi connectivity index (χ0) is 21.8. The number of nitrogens with zero attached hydrogens (tertiary/aromatic N) is 4. The highest BCUT2D eigenvalue weighted by molar-refractivity contribution is 6.42. The molecule has 11 heteroatoms. The summed E-state index contributed by atoms with van der Waals surface area (Å²) >= 11 is 12.4. The number of halogens is 2. The van der Waals surface area contributed by atoms with Crippen LogP contribution in [0.1, 0.15) is 12.2 Å². The van der Waals surface area contributed by atoms with Crippen LogP contribution in [0.2, 0.25) is 10.0 Å². The number of carboxylic acid groups (broad SMARTS) is 1. The predicted molar refractivity (Wildman–Crippen MR) is 107 cm³/mol. The predicted octanol–water partition coefficient (Wildman–Crippen LogP) is 1.94. The van der Waals surface area contributed by atoms with Crippen molar-refractivity contribution in [2.45, 2.75) is 13.0 Å². The van der Waals surface area contributed by atoms with Gasteiger partial charge in [0.25, 0.3) is 6.47 Å². The summed E-state index contributed by atoms with van der Waals surface area (Å²) in [6.07, 6.45) is -0.0843. The summed E-state index contributed by atoms with van der Waals surface area (Å²) in [7, 11) is 1.77. The number of ether oxygens (including phenoxy) is 2. The third-order valence-corrected chi connectivity index (χ3v) is 5.50. The lowest BCUT2D eigenvalue weighted by Gasteiger charge is -2.16. The second kappa shape index (κ2) is 9.24. The van der Waals surface area contributed by atoms with E-state index in [9.17, 15) is 14.9 Å². The van der Waals surface area contributed by atoms with E-state index in [2.05, 4.69) is 6.07 Å². The van der Waals surface area contributed by atoms with Gasteiger partial charge in [0.15, 0.2) is 11.0 Å². The van der Waals surface area contributed by atoms with Gasteiger partial charge >= 0.3 is 11.8 Å². The van der Waals surface area contributed by atoms with Crippen LogP contribution in [0.4, 0.5) is 0 Å². The van der Waals surface area contributed by atoms with Gasteiger partial charge in [-0.25, -0.2) is 9.13 Å². The quantitative estimate of drug-likeness (QED) is 0.281. The zero-order valence-electron chi connectivity index (χ0n) is 16.1. The van der Waals surface area contributed by atoms with Gasteiger partial charge in [-0.05, 0) is 0 Å². The molecule has 0 unspecified atom stereocenters. The van der Waals surface area contributed by atoms with Crippen LogP contribution in [-0.4, -0.2) is 53.3 Å². The number of aryl methyl sites for hydroxylation is 1. The fourth-order valence-corrected chi connectivity index (χ4v) is 3.77. The van der Waals surface area contributed by atoms with Gasteiger partial charge < -0.3 is 19.5 Å². The normalized spacial score (nSPS) is 15.1. The van der Waals surface area contributed by atoms with Crippen LogP contribution in [-0.2, 0) is 32.7 Å². The molecule has 30 heavy (non-hydrogen) atoms. The molecule has 0 radical (unpaired) electrons. The van der Waals surface area contributed by atoms with E-state index in [4.69, 9.17) is 37.8 Å². The molecule has 1 saturated heterocycles. The minimum Gasteiger partial charge on any atom is -0.481 e. The number of hydrogen-bond donors (Lipinski definition) is 1. The van der Waals surface area contributed by atoms with Gasteiger partial charge in [-0.2, -0.15) is 5.26 Å². The Labute approximate surface area is 182 Å². The average molecular weight is 454 g/mol. The summed E-state index contributed by atoms with van der Waals surface area (Å²) in [5, 5.41) is 19.7. The maximum atomic E-state index is 11.0. The highest BCUT2D eigenvalue weighted by Gasteiger charge is 2.34. The molecular weight excluding hydrogens is 435 g/mol. The molecule has 9 nitrogen and oxygen atoms in total. The van der Waals surface area contributed by atoms with Gasteiger partial charge in [0.05, 0.1) is 30.1 Å². The molecule has 1 aliphatic rings. The Hall–Kier alpha value is -2.96. The molecule has 1 aromatic heterocycles. The highest BCUT2D eigenvalue weighted by Crippen LogP contribution is 2.31. The summed E-state index contributed by atoms with van der Waals surface area (Å²) in [5.74, 6) is -0.126. The number of allylic oxidation sites excluding steroid dienone is 1. The van der Waals surface area contributed by atoms with Gasteiger partial charge in [0.2, 0.25) is 11.5 Å². The van der Waals surface area contributed by atoms with Crippen molar-refractivity contribution in [3.05, 3.63) is 33.9 Å². The van der Waals surface area contributed by atoms with Crippen molar-refractivity contribution in [3.8, 4) is 6.07 Å². The van der Waals surface area contributed by atoms with Crippen LogP contribution in [0.3, 0.4) is 0 Å². The number of benzene rings is 1. The molecule has 1 aliphatic heterocycles. The van der Waals surface area contributed by atoms with E-state index in [0.717, 1.165) is 0 Å². The fraction of sp³-hybridized carbons (Fsp3) is 0.368. The summed E-state index contributed by atoms with van der Waals surface area (Å²) < 4.78 is 14.1. The lowest BCUT2D eigenvalue weighted by atomic mass is 10.2. The maximum absolute atomic E-state index is 11.0. The second-order valence-corrected chi connectivity index (χ2v) is 7.34. The van der Waals surface area contributed by atoms with Crippen molar-refractivity contribution < 1.29 is 28.7 Å². The lowest BCUT2D eigenvalue weighted by molar-refractivity contribution is -0.648. The number of fused-ring (bicyclic) bond motifs is 1. The Kier molecular flexibility index (Phi) is 6.70. The third-order valence-electron chi connectivity index (χ3n) is 4.78. The van der Waals surface area contributed by atoms with E-state index < -0.39 is 5.97 Å². The van der Waals surface area contributed by atoms with Crippen molar-refractivity contribution in [1.29, 1.82) is 5.26 Å². The number of aromatic nitrogens is 2. The molecule has 0 bridgehead atoms. The fourth-order valence-electron chi connectivity index (χ4n) is 3.45. The van der Waals surface area contributed by atoms with Crippen LogP contribution in [0.15, 0.2) is 18.0 Å². The molecule has 0 spiro atoms. The SMILES string of the molecule is C[n+]1c(C(C#N)=C2OCCN2CCC(=O)O)n(CCOC=O)c2cc(Cl)c(Cl)cc21. The molecule has 0 amide bonds. The van der Waals surface area contributed by atoms with Crippen LogP contribution in [0, 0.1) is 11.3 Å². The zero-order valence-corrected chi connectivity index (χ0v) is 17.6. The monoisotopic (exact) mass is 453 g/mol. The lowest BCUT2D eigenvalue weighted by Crippen LogP contribution is -2.34. The third kappa shape index (κ3) is 4.15. The molecule has 2 aromatic rings. The van der Waals surface area contributed by atoms with Crippen molar-refractivity contribution in [2.75, 3.05) is 26.3 Å². The Balaban J connectivity index is 2.20. The number of hydrogen-bond acceptors (Lipinski definition) is 6. The Morgan fingerprint density at radius 3 is 2.80 bits per heavy atom. The van der Waals surface area contributed by atoms with Crippen molar-refractivity contribution in [2.24, 2.45) is 7.05 Å². The highest BCUT2D eigenvalue weighted by atomic mass is 35.5. The number of carbonyl (C=O) groups excluding carboxylic acids is 1. The van der Waals surface area contributed by atoms with Crippen LogP contribution >= 0.6 is 23.2 Å². The van der Waals surface area contributed by atoms with E-state index in [1.54, 1.807) is 33.2 Å². The Morgan fingerprint density at radius 2 is 2.13 bits per heavy atom. The first kappa shape index (κ1) is 21.7. The average Bonchev–Trinajstić information content (AvgIpc) is 3.27. The molecule has 1 fully saturated rings. The van der Waals surface area contributed by atoms with Gasteiger partial charge in [-0.15, -0.1) is 0 Å². The Morgan fingerprint density at radius 1 is 1.40 bits per heavy atom. The van der Waals surface area contributed by atoms with E-state index in [0.29, 0.717) is 52.4 Å². The molecule has 0 atom stereocenters. The first-order valence-electron chi connectivity index (χ1n) is 9.05. The number of rotatable bonds is 8. The van der Waals surface area contributed by atoms with Crippen molar-refractivity contribution >= 4 is 52.2 Å². The number of nitriles is 1. The van der Waals surface area contributed by atoms with E-state index in [1.165, 1.54) is 0 Å². The van der Waals surface area contributed by atoms with Gasteiger partial charge in [-0.3, -0.25) is 9.59 Å².